The van der Waals surface area contributed by atoms with Crippen molar-refractivity contribution in [2.45, 2.75) is 12.2 Å². The first-order chi connectivity index (χ1) is 9.43. The van der Waals surface area contributed by atoms with Crippen molar-refractivity contribution in [2.75, 3.05) is 7.05 Å². The van der Waals surface area contributed by atoms with E-state index in [9.17, 15) is 17.6 Å². The molecule has 0 aliphatic rings. The van der Waals surface area contributed by atoms with Gasteiger partial charge in [0.05, 0.1) is 11.6 Å². The normalized spacial score (nSPS) is 13.2. The van der Waals surface area contributed by atoms with Gasteiger partial charge in [-0.05, 0) is 36.4 Å². The molecular formula is C15H13F4N. The van der Waals surface area contributed by atoms with Crippen molar-refractivity contribution in [3.05, 3.63) is 71.0 Å². The minimum absolute atomic E-state index is 0.120. The highest BCUT2D eigenvalue weighted by Crippen LogP contribution is 2.36. The fraction of sp³-hybridized carbons (Fsp3) is 0.200. The van der Waals surface area contributed by atoms with Crippen molar-refractivity contribution in [3.63, 3.8) is 0 Å². The van der Waals surface area contributed by atoms with Crippen LogP contribution in [0.1, 0.15) is 22.7 Å². The van der Waals surface area contributed by atoms with Gasteiger partial charge in [0.2, 0.25) is 0 Å². The van der Waals surface area contributed by atoms with Crippen molar-refractivity contribution in [1.29, 1.82) is 0 Å². The quantitative estimate of drug-likeness (QED) is 0.834. The summed E-state index contributed by atoms with van der Waals surface area (Å²) in [6.45, 7) is 0. The lowest BCUT2D eigenvalue weighted by Crippen LogP contribution is -2.21. The van der Waals surface area contributed by atoms with E-state index in [2.05, 4.69) is 5.32 Å². The molecule has 2 aromatic carbocycles. The SMILES string of the molecule is CNC(c1ccc(F)cc1)c1ccccc1C(F)(F)F. The maximum Gasteiger partial charge on any atom is 0.416 e. The van der Waals surface area contributed by atoms with Crippen LogP contribution in [0, 0.1) is 5.82 Å². The number of benzene rings is 2. The summed E-state index contributed by atoms with van der Waals surface area (Å²) >= 11 is 0. The van der Waals surface area contributed by atoms with E-state index >= 15 is 0 Å². The van der Waals surface area contributed by atoms with E-state index in [1.165, 1.54) is 36.4 Å². The maximum atomic E-state index is 13.0. The Bertz CT molecular complexity index is 575. The molecule has 0 aromatic heterocycles. The molecule has 1 N–H and O–H groups in total. The van der Waals surface area contributed by atoms with Crippen molar-refractivity contribution < 1.29 is 17.6 Å². The van der Waals surface area contributed by atoms with E-state index in [0.717, 1.165) is 6.07 Å². The van der Waals surface area contributed by atoms with Gasteiger partial charge in [0.25, 0.3) is 0 Å². The zero-order valence-corrected chi connectivity index (χ0v) is 10.7. The second-order valence-electron chi connectivity index (χ2n) is 4.36. The van der Waals surface area contributed by atoms with E-state index < -0.39 is 23.6 Å². The Morgan fingerprint density at radius 2 is 1.55 bits per heavy atom. The second-order valence-corrected chi connectivity index (χ2v) is 4.36. The number of hydrogen-bond donors (Lipinski definition) is 1. The van der Waals surface area contributed by atoms with Crippen molar-refractivity contribution >= 4 is 0 Å². The van der Waals surface area contributed by atoms with Crippen LogP contribution in [-0.2, 0) is 6.18 Å². The van der Waals surface area contributed by atoms with Crippen LogP contribution in [0.5, 0.6) is 0 Å². The summed E-state index contributed by atoms with van der Waals surface area (Å²) in [5.41, 5.74) is 0.00313. The van der Waals surface area contributed by atoms with Gasteiger partial charge in [0.15, 0.2) is 0 Å². The Hall–Kier alpha value is -1.88. The lowest BCUT2D eigenvalue weighted by atomic mass is 9.94. The lowest BCUT2D eigenvalue weighted by Gasteiger charge is -2.21. The van der Waals surface area contributed by atoms with Gasteiger partial charge in [-0.3, -0.25) is 0 Å². The van der Waals surface area contributed by atoms with Crippen LogP contribution in [0.4, 0.5) is 17.6 Å². The summed E-state index contributed by atoms with van der Waals surface area (Å²) in [5.74, 6) is -0.423. The predicted molar refractivity (Wildman–Crippen MR) is 68.7 cm³/mol. The molecule has 0 fully saturated rings. The summed E-state index contributed by atoms with van der Waals surface area (Å²) in [5, 5.41) is 2.84. The minimum atomic E-state index is -4.42. The number of rotatable bonds is 3. The average molecular weight is 283 g/mol. The molecule has 2 rings (SSSR count). The van der Waals surface area contributed by atoms with Gasteiger partial charge in [-0.1, -0.05) is 30.3 Å². The number of hydrogen-bond acceptors (Lipinski definition) is 1. The molecule has 1 unspecified atom stereocenters. The highest BCUT2D eigenvalue weighted by molar-refractivity contribution is 5.38. The molecule has 0 amide bonds. The van der Waals surface area contributed by atoms with Gasteiger partial charge in [-0.2, -0.15) is 13.2 Å². The summed E-state index contributed by atoms with van der Waals surface area (Å²) in [7, 11) is 1.57. The van der Waals surface area contributed by atoms with Gasteiger partial charge in [0.1, 0.15) is 5.82 Å². The predicted octanol–water partition coefficient (Wildman–Crippen LogP) is 4.15. The fourth-order valence-electron chi connectivity index (χ4n) is 2.16. The van der Waals surface area contributed by atoms with Gasteiger partial charge >= 0.3 is 6.18 Å². The first kappa shape index (κ1) is 14.5. The summed E-state index contributed by atoms with van der Waals surface area (Å²) < 4.78 is 52.0. The molecular weight excluding hydrogens is 270 g/mol. The fourth-order valence-corrected chi connectivity index (χ4v) is 2.16. The molecule has 0 spiro atoms. The van der Waals surface area contributed by atoms with Gasteiger partial charge in [-0.25, -0.2) is 4.39 Å². The third-order valence-corrected chi connectivity index (χ3v) is 3.07. The highest BCUT2D eigenvalue weighted by Gasteiger charge is 2.34. The highest BCUT2D eigenvalue weighted by atomic mass is 19.4. The Kier molecular flexibility index (Phi) is 4.09. The third kappa shape index (κ3) is 2.99. The second kappa shape index (κ2) is 5.63. The zero-order valence-electron chi connectivity index (χ0n) is 10.7. The van der Waals surface area contributed by atoms with Crippen LogP contribution in [0.15, 0.2) is 48.5 Å². The molecule has 0 heterocycles. The number of alkyl halides is 3. The topological polar surface area (TPSA) is 12.0 Å². The van der Waals surface area contributed by atoms with Crippen LogP contribution in [0.3, 0.4) is 0 Å². The van der Waals surface area contributed by atoms with E-state index in [1.54, 1.807) is 13.1 Å². The van der Waals surface area contributed by atoms with Crippen LogP contribution >= 0.6 is 0 Å². The van der Waals surface area contributed by atoms with Crippen LogP contribution < -0.4 is 5.32 Å². The molecule has 0 bridgehead atoms. The Balaban J connectivity index is 2.50. The lowest BCUT2D eigenvalue weighted by molar-refractivity contribution is -0.138. The Morgan fingerprint density at radius 1 is 0.950 bits per heavy atom. The molecule has 2 aromatic rings. The molecule has 5 heteroatoms. The number of nitrogens with one attached hydrogen (secondary N) is 1. The molecule has 0 radical (unpaired) electrons. The van der Waals surface area contributed by atoms with Crippen LogP contribution in [-0.4, -0.2) is 7.05 Å². The maximum absolute atomic E-state index is 13.0. The van der Waals surface area contributed by atoms with Crippen molar-refractivity contribution in [2.24, 2.45) is 0 Å². The summed E-state index contributed by atoms with van der Waals surface area (Å²) in [6.07, 6.45) is -4.42. The molecule has 0 aliphatic carbocycles. The third-order valence-electron chi connectivity index (χ3n) is 3.07. The first-order valence-electron chi connectivity index (χ1n) is 6.02. The van der Waals surface area contributed by atoms with Gasteiger partial charge < -0.3 is 5.32 Å². The molecule has 1 atom stereocenters. The van der Waals surface area contributed by atoms with E-state index in [4.69, 9.17) is 0 Å². The largest absolute Gasteiger partial charge is 0.416 e. The van der Waals surface area contributed by atoms with Gasteiger partial charge in [0, 0.05) is 0 Å². The Labute approximate surface area is 114 Å². The van der Waals surface area contributed by atoms with Crippen LogP contribution in [0.2, 0.25) is 0 Å². The zero-order chi connectivity index (χ0) is 14.8. The molecule has 1 nitrogen and oxygen atoms in total. The molecule has 0 aliphatic heterocycles. The molecule has 106 valence electrons. The average Bonchev–Trinajstić information content (AvgIpc) is 2.41. The van der Waals surface area contributed by atoms with Crippen LogP contribution in [0.25, 0.3) is 0 Å². The van der Waals surface area contributed by atoms with Gasteiger partial charge in [-0.15, -0.1) is 0 Å². The number of halogens is 4. The van der Waals surface area contributed by atoms with E-state index in [1.807, 2.05) is 0 Å². The first-order valence-corrected chi connectivity index (χ1v) is 6.02. The van der Waals surface area contributed by atoms with E-state index in [-0.39, 0.29) is 5.56 Å². The monoisotopic (exact) mass is 283 g/mol. The molecule has 0 saturated carbocycles. The van der Waals surface area contributed by atoms with Crippen molar-refractivity contribution in [1.82, 2.24) is 5.32 Å². The van der Waals surface area contributed by atoms with E-state index in [0.29, 0.717) is 5.56 Å². The molecule has 20 heavy (non-hydrogen) atoms. The molecule has 0 saturated heterocycles. The minimum Gasteiger partial charge on any atom is -0.309 e. The summed E-state index contributed by atoms with van der Waals surface area (Å²) in [6, 6.07) is 10.1. The smallest absolute Gasteiger partial charge is 0.309 e. The summed E-state index contributed by atoms with van der Waals surface area (Å²) in [4.78, 5) is 0. The van der Waals surface area contributed by atoms with Crippen molar-refractivity contribution in [3.8, 4) is 0 Å². The standard InChI is InChI=1S/C15H13F4N/c1-20-14(10-6-8-11(16)9-7-10)12-4-2-3-5-13(12)15(17,18)19/h2-9,14,20H,1H3. The Morgan fingerprint density at radius 3 is 2.10 bits per heavy atom.